The van der Waals surface area contributed by atoms with Crippen LogP contribution in [0.3, 0.4) is 0 Å². The van der Waals surface area contributed by atoms with Crippen LogP contribution in [-0.2, 0) is 9.53 Å². The molecule has 1 saturated carbocycles. The maximum Gasteiger partial charge on any atom is 0.332 e. The van der Waals surface area contributed by atoms with Crippen molar-refractivity contribution in [3.8, 4) is 0 Å². The monoisotopic (exact) mass is 241 g/mol. The fourth-order valence-corrected chi connectivity index (χ4v) is 2.88. The molecule has 2 N–H and O–H groups in total. The van der Waals surface area contributed by atoms with Crippen molar-refractivity contribution in [3.05, 3.63) is 0 Å². The molecule has 98 valence electrons. The molecule has 2 unspecified atom stereocenters. The Kier molecular flexibility index (Phi) is 4.80. The fraction of sp³-hybridized carbons (Fsp3) is 0.923. The van der Waals surface area contributed by atoms with Gasteiger partial charge in [0, 0.05) is 6.54 Å². The van der Waals surface area contributed by atoms with Crippen LogP contribution in [0.4, 0.5) is 0 Å². The fourth-order valence-electron chi connectivity index (χ4n) is 2.88. The number of carboxylic acids is 1. The number of ether oxygens (including phenoxy) is 1. The second-order valence-corrected chi connectivity index (χ2v) is 5.32. The average Bonchev–Trinajstić information content (AvgIpc) is 2.79. The van der Waals surface area contributed by atoms with Gasteiger partial charge in [0.15, 0.2) is 6.10 Å². The summed E-state index contributed by atoms with van der Waals surface area (Å²) in [5.41, 5.74) is 0. The Labute approximate surface area is 103 Å². The molecule has 0 aromatic rings. The standard InChI is InChI=1S/C13H23NO3/c15-13(16)12-7-6-11(17-12)9-14-8-10-4-2-1-3-5-10/h10-12,14H,1-9H2,(H,15,16). The van der Waals surface area contributed by atoms with E-state index in [1.165, 1.54) is 32.1 Å². The van der Waals surface area contributed by atoms with E-state index in [0.29, 0.717) is 6.42 Å². The van der Waals surface area contributed by atoms with Gasteiger partial charge in [-0.2, -0.15) is 0 Å². The number of aliphatic carboxylic acids is 1. The number of nitrogens with one attached hydrogen (secondary N) is 1. The molecule has 4 heteroatoms. The van der Waals surface area contributed by atoms with E-state index in [9.17, 15) is 4.79 Å². The molecule has 2 aliphatic rings. The van der Waals surface area contributed by atoms with Crippen molar-refractivity contribution in [2.75, 3.05) is 13.1 Å². The molecular formula is C13H23NO3. The van der Waals surface area contributed by atoms with E-state index in [2.05, 4.69) is 5.32 Å². The van der Waals surface area contributed by atoms with Crippen LogP contribution >= 0.6 is 0 Å². The van der Waals surface area contributed by atoms with Gasteiger partial charge in [0.2, 0.25) is 0 Å². The minimum atomic E-state index is -0.820. The Morgan fingerprint density at radius 3 is 2.53 bits per heavy atom. The predicted octanol–water partition coefficient (Wildman–Crippen LogP) is 1.79. The van der Waals surface area contributed by atoms with E-state index in [1.54, 1.807) is 0 Å². The lowest BCUT2D eigenvalue weighted by molar-refractivity contribution is -0.149. The summed E-state index contributed by atoms with van der Waals surface area (Å²) in [4.78, 5) is 10.7. The highest BCUT2D eigenvalue weighted by Crippen LogP contribution is 2.23. The zero-order valence-electron chi connectivity index (χ0n) is 10.4. The second-order valence-electron chi connectivity index (χ2n) is 5.32. The van der Waals surface area contributed by atoms with E-state index < -0.39 is 12.1 Å². The van der Waals surface area contributed by atoms with Gasteiger partial charge < -0.3 is 15.2 Å². The third kappa shape index (κ3) is 3.96. The van der Waals surface area contributed by atoms with Crippen LogP contribution in [-0.4, -0.2) is 36.4 Å². The molecule has 1 aliphatic heterocycles. The normalized spacial score (nSPS) is 30.6. The lowest BCUT2D eigenvalue weighted by Crippen LogP contribution is -2.32. The van der Waals surface area contributed by atoms with Crippen LogP contribution < -0.4 is 5.32 Å². The zero-order valence-corrected chi connectivity index (χ0v) is 10.4. The van der Waals surface area contributed by atoms with Gasteiger partial charge in [0.1, 0.15) is 0 Å². The minimum Gasteiger partial charge on any atom is -0.479 e. The van der Waals surface area contributed by atoms with E-state index >= 15 is 0 Å². The smallest absolute Gasteiger partial charge is 0.332 e. The third-order valence-electron chi connectivity index (χ3n) is 3.91. The molecule has 2 rings (SSSR count). The number of hydrogen-bond donors (Lipinski definition) is 2. The van der Waals surface area contributed by atoms with E-state index in [1.807, 2.05) is 0 Å². The number of carbonyl (C=O) groups is 1. The van der Waals surface area contributed by atoms with Gasteiger partial charge in [-0.15, -0.1) is 0 Å². The molecule has 0 aromatic heterocycles. The molecule has 2 atom stereocenters. The van der Waals surface area contributed by atoms with Gasteiger partial charge in [-0.25, -0.2) is 4.79 Å². The second kappa shape index (κ2) is 6.36. The van der Waals surface area contributed by atoms with Gasteiger partial charge >= 0.3 is 5.97 Å². The summed E-state index contributed by atoms with van der Waals surface area (Å²) in [6.45, 7) is 1.87. The first-order valence-corrected chi connectivity index (χ1v) is 6.84. The van der Waals surface area contributed by atoms with Crippen molar-refractivity contribution in [3.63, 3.8) is 0 Å². The van der Waals surface area contributed by atoms with Gasteiger partial charge in [0.25, 0.3) is 0 Å². The summed E-state index contributed by atoms with van der Waals surface area (Å²) in [5, 5.41) is 12.3. The van der Waals surface area contributed by atoms with Crippen molar-refractivity contribution in [1.82, 2.24) is 5.32 Å². The van der Waals surface area contributed by atoms with Crippen LogP contribution in [0.25, 0.3) is 0 Å². The molecule has 1 saturated heterocycles. The average molecular weight is 241 g/mol. The largest absolute Gasteiger partial charge is 0.479 e. The predicted molar refractivity (Wildman–Crippen MR) is 65.0 cm³/mol. The molecule has 2 fully saturated rings. The molecule has 1 aliphatic carbocycles. The molecule has 0 bridgehead atoms. The van der Waals surface area contributed by atoms with E-state index in [4.69, 9.17) is 9.84 Å². The highest BCUT2D eigenvalue weighted by molar-refractivity contribution is 5.72. The van der Waals surface area contributed by atoms with Gasteiger partial charge in [-0.1, -0.05) is 19.3 Å². The Hall–Kier alpha value is -0.610. The molecule has 17 heavy (non-hydrogen) atoms. The topological polar surface area (TPSA) is 58.6 Å². The Morgan fingerprint density at radius 1 is 1.12 bits per heavy atom. The SMILES string of the molecule is O=C(O)C1CCC(CNCC2CCCCC2)O1. The van der Waals surface area contributed by atoms with Crippen LogP contribution in [0.1, 0.15) is 44.9 Å². The number of carboxylic acid groups (broad SMARTS) is 1. The van der Waals surface area contributed by atoms with Gasteiger partial charge in [0.05, 0.1) is 6.10 Å². The number of rotatable bonds is 5. The Bertz CT molecular complexity index is 251. The molecule has 4 nitrogen and oxygen atoms in total. The van der Waals surface area contributed by atoms with Crippen molar-refractivity contribution < 1.29 is 14.6 Å². The highest BCUT2D eigenvalue weighted by atomic mass is 16.5. The first kappa shape index (κ1) is 12.8. The first-order chi connectivity index (χ1) is 8.25. The van der Waals surface area contributed by atoms with Crippen LogP contribution in [0.5, 0.6) is 0 Å². The summed E-state index contributed by atoms with van der Waals surface area (Å²) in [5.74, 6) is 0.000189. The molecule has 0 aromatic carbocycles. The lowest BCUT2D eigenvalue weighted by atomic mass is 9.89. The van der Waals surface area contributed by atoms with Crippen molar-refractivity contribution in [1.29, 1.82) is 0 Å². The molecule has 0 amide bonds. The lowest BCUT2D eigenvalue weighted by Gasteiger charge is -2.22. The van der Waals surface area contributed by atoms with Crippen LogP contribution in [0.15, 0.2) is 0 Å². The van der Waals surface area contributed by atoms with Crippen molar-refractivity contribution in [2.45, 2.75) is 57.2 Å². The summed E-state index contributed by atoms with van der Waals surface area (Å²) in [6, 6.07) is 0. The first-order valence-electron chi connectivity index (χ1n) is 6.84. The quantitative estimate of drug-likeness (QED) is 0.770. The van der Waals surface area contributed by atoms with Gasteiger partial charge in [-0.3, -0.25) is 0 Å². The summed E-state index contributed by atoms with van der Waals surface area (Å²) < 4.78 is 5.45. The van der Waals surface area contributed by atoms with Crippen molar-refractivity contribution >= 4 is 5.97 Å². The summed E-state index contributed by atoms with van der Waals surface area (Å²) >= 11 is 0. The zero-order chi connectivity index (χ0) is 12.1. The Morgan fingerprint density at radius 2 is 1.88 bits per heavy atom. The molecule has 1 heterocycles. The van der Waals surface area contributed by atoms with Crippen LogP contribution in [0, 0.1) is 5.92 Å². The number of hydrogen-bond acceptors (Lipinski definition) is 3. The van der Waals surface area contributed by atoms with Crippen LogP contribution in [0.2, 0.25) is 0 Å². The third-order valence-corrected chi connectivity index (χ3v) is 3.91. The highest BCUT2D eigenvalue weighted by Gasteiger charge is 2.30. The molecule has 0 radical (unpaired) electrons. The maximum atomic E-state index is 10.7. The molecule has 0 spiro atoms. The van der Waals surface area contributed by atoms with Crippen molar-refractivity contribution in [2.24, 2.45) is 5.92 Å². The summed E-state index contributed by atoms with van der Waals surface area (Å²) in [7, 11) is 0. The Balaban J connectivity index is 1.58. The maximum absolute atomic E-state index is 10.7. The van der Waals surface area contributed by atoms with E-state index in [-0.39, 0.29) is 6.10 Å². The van der Waals surface area contributed by atoms with E-state index in [0.717, 1.165) is 25.4 Å². The van der Waals surface area contributed by atoms with Gasteiger partial charge in [-0.05, 0) is 38.1 Å². The molecular weight excluding hydrogens is 218 g/mol. The summed E-state index contributed by atoms with van der Waals surface area (Å²) in [6.07, 6.45) is 7.87. The minimum absolute atomic E-state index is 0.0969.